The van der Waals surface area contributed by atoms with Crippen LogP contribution < -0.4 is 10.0 Å². The van der Waals surface area contributed by atoms with Crippen LogP contribution in [0.3, 0.4) is 0 Å². The summed E-state index contributed by atoms with van der Waals surface area (Å²) in [6.45, 7) is 4.32. The summed E-state index contributed by atoms with van der Waals surface area (Å²) in [5.74, 6) is 1.18. The summed E-state index contributed by atoms with van der Waals surface area (Å²) in [6.07, 6.45) is 8.03. The average Bonchev–Trinajstić information content (AvgIpc) is 3.74. The van der Waals surface area contributed by atoms with Gasteiger partial charge in [-0.25, -0.2) is 13.1 Å². The van der Waals surface area contributed by atoms with E-state index in [0.29, 0.717) is 24.0 Å². The molecule has 8 heteroatoms. The molecule has 0 aliphatic heterocycles. The van der Waals surface area contributed by atoms with Gasteiger partial charge in [0, 0.05) is 5.56 Å². The van der Waals surface area contributed by atoms with E-state index in [1.54, 1.807) is 18.2 Å². The molecular formula is C26H39N3O4S. The van der Waals surface area contributed by atoms with Crippen molar-refractivity contribution in [2.24, 2.45) is 11.8 Å². The number of carbonyl (C=O) groups is 1. The Kier molecular flexibility index (Phi) is 6.99. The maximum atomic E-state index is 14.1. The molecule has 0 bridgehead atoms. The van der Waals surface area contributed by atoms with Crippen LogP contribution in [0, 0.1) is 11.8 Å². The highest BCUT2D eigenvalue weighted by molar-refractivity contribution is 7.89. The summed E-state index contributed by atoms with van der Waals surface area (Å²) in [5.41, 5.74) is -0.196. The van der Waals surface area contributed by atoms with Gasteiger partial charge < -0.3 is 10.1 Å². The highest BCUT2D eigenvalue weighted by Crippen LogP contribution is 2.57. The monoisotopic (exact) mass is 489 g/mol. The Morgan fingerprint density at radius 1 is 1.24 bits per heavy atom. The van der Waals surface area contributed by atoms with Gasteiger partial charge in [0.05, 0.1) is 23.1 Å². The first-order valence-corrected chi connectivity index (χ1v) is 13.9. The van der Waals surface area contributed by atoms with Gasteiger partial charge in [-0.3, -0.25) is 9.69 Å². The normalized spacial score (nSPS) is 28.5. The Balaban J connectivity index is 1.79. The number of hydrogen-bond donors (Lipinski definition) is 2. The standard InChI is InChI=1S/C26H39N3O4S/c1-6-9-20(17-33-21-12-13-21)25(2,22-10-7-8-11-23(22)34(31,32)27-3)28-24(30)26(29(4)5)15-18-14-19(18)16-26/h7-11,18-19,21,27H,6,12-17H2,1-5H3,(H,28,30)/b20-9-. The van der Waals surface area contributed by atoms with Crippen molar-refractivity contribution < 1.29 is 17.9 Å². The molecule has 0 heterocycles. The number of fused-ring (bicyclic) bond motifs is 1. The lowest BCUT2D eigenvalue weighted by Crippen LogP contribution is -2.60. The Bertz CT molecular complexity index is 1050. The van der Waals surface area contributed by atoms with Crippen molar-refractivity contribution in [2.45, 2.75) is 74.4 Å². The summed E-state index contributed by atoms with van der Waals surface area (Å²) in [4.78, 5) is 16.3. The van der Waals surface area contributed by atoms with Crippen LogP contribution in [0.25, 0.3) is 0 Å². The van der Waals surface area contributed by atoms with E-state index < -0.39 is 21.1 Å². The van der Waals surface area contributed by atoms with Gasteiger partial charge in [0.25, 0.3) is 0 Å². The van der Waals surface area contributed by atoms with E-state index in [1.165, 1.54) is 13.5 Å². The number of benzene rings is 1. The lowest BCUT2D eigenvalue weighted by atomic mass is 9.81. The molecule has 0 radical (unpaired) electrons. The number of allylic oxidation sites excluding steroid dienone is 1. The number of sulfonamides is 1. The van der Waals surface area contributed by atoms with Crippen LogP contribution in [0.5, 0.6) is 0 Å². The summed E-state index contributed by atoms with van der Waals surface area (Å²) < 4.78 is 34.6. The molecule has 0 aromatic heterocycles. The number of amides is 1. The molecular weight excluding hydrogens is 450 g/mol. The molecule has 0 saturated heterocycles. The highest BCUT2D eigenvalue weighted by Gasteiger charge is 2.59. The minimum atomic E-state index is -3.75. The van der Waals surface area contributed by atoms with E-state index in [-0.39, 0.29) is 16.9 Å². The molecule has 3 aliphatic rings. The minimum absolute atomic E-state index is 0.0442. The maximum absolute atomic E-state index is 14.1. The predicted molar refractivity (Wildman–Crippen MR) is 133 cm³/mol. The van der Waals surface area contributed by atoms with Gasteiger partial charge in [0.15, 0.2) is 0 Å². The van der Waals surface area contributed by atoms with Crippen molar-refractivity contribution in [1.29, 1.82) is 0 Å². The Labute approximate surface area is 204 Å². The highest BCUT2D eigenvalue weighted by atomic mass is 32.2. The number of carbonyl (C=O) groups excluding carboxylic acids is 1. The van der Waals surface area contributed by atoms with Gasteiger partial charge in [-0.2, -0.15) is 0 Å². The molecule has 34 heavy (non-hydrogen) atoms. The summed E-state index contributed by atoms with van der Waals surface area (Å²) in [7, 11) is 1.61. The van der Waals surface area contributed by atoms with E-state index in [9.17, 15) is 13.2 Å². The fraction of sp³-hybridized carbons (Fsp3) is 0.654. The van der Waals surface area contributed by atoms with Crippen LogP contribution in [0.2, 0.25) is 0 Å². The molecule has 4 rings (SSSR count). The fourth-order valence-corrected chi connectivity index (χ4v) is 6.54. The fourth-order valence-electron chi connectivity index (χ4n) is 5.50. The number of likely N-dealkylation sites (N-methyl/N-ethyl adjacent to an activating group) is 1. The van der Waals surface area contributed by atoms with Crippen molar-refractivity contribution in [1.82, 2.24) is 14.9 Å². The zero-order valence-electron chi connectivity index (χ0n) is 21.1. The van der Waals surface area contributed by atoms with E-state index in [2.05, 4.69) is 21.0 Å². The van der Waals surface area contributed by atoms with Gasteiger partial charge in [0.2, 0.25) is 15.9 Å². The first kappa shape index (κ1) is 25.4. The largest absolute Gasteiger partial charge is 0.374 e. The lowest BCUT2D eigenvalue weighted by molar-refractivity contribution is -0.134. The molecule has 2 N–H and O–H groups in total. The van der Waals surface area contributed by atoms with Crippen molar-refractivity contribution in [3.05, 3.63) is 41.5 Å². The molecule has 3 fully saturated rings. The first-order valence-electron chi connectivity index (χ1n) is 12.4. The van der Waals surface area contributed by atoms with E-state index >= 15 is 0 Å². The second kappa shape index (κ2) is 9.37. The number of nitrogens with one attached hydrogen (secondary N) is 2. The summed E-state index contributed by atoms with van der Waals surface area (Å²) in [5, 5.41) is 3.36. The summed E-state index contributed by atoms with van der Waals surface area (Å²) in [6, 6.07) is 6.95. The molecule has 0 spiro atoms. The Hall–Kier alpha value is -1.74. The van der Waals surface area contributed by atoms with Crippen molar-refractivity contribution in [3.63, 3.8) is 0 Å². The van der Waals surface area contributed by atoms with E-state index in [0.717, 1.165) is 37.7 Å². The topological polar surface area (TPSA) is 87.7 Å². The molecule has 3 atom stereocenters. The smallest absolute Gasteiger partial charge is 0.241 e. The van der Waals surface area contributed by atoms with Gasteiger partial charge >= 0.3 is 0 Å². The first-order chi connectivity index (χ1) is 16.1. The van der Waals surface area contributed by atoms with Gasteiger partial charge in [-0.1, -0.05) is 31.2 Å². The molecule has 7 nitrogen and oxygen atoms in total. The van der Waals surface area contributed by atoms with Crippen LogP contribution in [0.15, 0.2) is 40.8 Å². The maximum Gasteiger partial charge on any atom is 0.241 e. The SMILES string of the molecule is CC/C=C(/COC1CC1)C(C)(NC(=O)C1(N(C)C)CC2CC2C1)c1ccccc1S(=O)(=O)NC. The second-order valence-electron chi connectivity index (χ2n) is 10.5. The van der Waals surface area contributed by atoms with Crippen LogP contribution in [0.4, 0.5) is 0 Å². The summed E-state index contributed by atoms with van der Waals surface area (Å²) >= 11 is 0. The van der Waals surface area contributed by atoms with Crippen molar-refractivity contribution >= 4 is 15.9 Å². The van der Waals surface area contributed by atoms with Crippen LogP contribution in [-0.2, 0) is 25.1 Å². The second-order valence-corrected chi connectivity index (χ2v) is 12.4. The molecule has 1 aromatic carbocycles. The molecule has 3 unspecified atom stereocenters. The third kappa shape index (κ3) is 4.70. The molecule has 1 aromatic rings. The Morgan fingerprint density at radius 2 is 1.88 bits per heavy atom. The zero-order valence-corrected chi connectivity index (χ0v) is 21.9. The number of ether oxygens (including phenoxy) is 1. The Morgan fingerprint density at radius 3 is 2.44 bits per heavy atom. The van der Waals surface area contributed by atoms with Crippen LogP contribution in [-0.4, -0.2) is 58.6 Å². The third-order valence-electron chi connectivity index (χ3n) is 7.99. The van der Waals surface area contributed by atoms with Crippen molar-refractivity contribution in [3.8, 4) is 0 Å². The molecule has 1 amide bonds. The van der Waals surface area contributed by atoms with Gasteiger partial charge in [-0.15, -0.1) is 0 Å². The van der Waals surface area contributed by atoms with Crippen molar-refractivity contribution in [2.75, 3.05) is 27.7 Å². The van der Waals surface area contributed by atoms with Crippen LogP contribution in [0.1, 0.15) is 57.9 Å². The predicted octanol–water partition coefficient (Wildman–Crippen LogP) is 3.17. The molecule has 188 valence electrons. The average molecular weight is 490 g/mol. The van der Waals surface area contributed by atoms with E-state index in [1.807, 2.05) is 34.0 Å². The minimum Gasteiger partial charge on any atom is -0.374 e. The van der Waals surface area contributed by atoms with Gasteiger partial charge in [0.1, 0.15) is 5.54 Å². The third-order valence-corrected chi connectivity index (χ3v) is 9.46. The van der Waals surface area contributed by atoms with Gasteiger partial charge in [-0.05, 0) is 90.1 Å². The van der Waals surface area contributed by atoms with E-state index in [4.69, 9.17) is 4.74 Å². The zero-order chi connectivity index (χ0) is 24.7. The lowest BCUT2D eigenvalue weighted by Gasteiger charge is -2.42. The quantitative estimate of drug-likeness (QED) is 0.466. The van der Waals surface area contributed by atoms with Crippen LogP contribution >= 0.6 is 0 Å². The number of rotatable bonds is 11. The number of nitrogens with zero attached hydrogens (tertiary/aromatic N) is 1. The molecule has 3 saturated carbocycles. The number of hydrogen-bond acceptors (Lipinski definition) is 5. The molecule has 3 aliphatic carbocycles.